The Kier molecular flexibility index (Phi) is 4.51. The predicted octanol–water partition coefficient (Wildman–Crippen LogP) is 2.97. The van der Waals surface area contributed by atoms with Gasteiger partial charge >= 0.3 is 0 Å². The van der Waals surface area contributed by atoms with Crippen LogP contribution in [0.5, 0.6) is 0 Å². The fourth-order valence-corrected chi connectivity index (χ4v) is 0.934. The molecule has 16 heavy (non-hydrogen) atoms. The minimum absolute atomic E-state index is 0.471. The van der Waals surface area contributed by atoms with Gasteiger partial charge in [0.2, 0.25) is 0 Å². The Morgan fingerprint density at radius 1 is 1.62 bits per heavy atom. The van der Waals surface area contributed by atoms with Crippen molar-refractivity contribution in [3.05, 3.63) is 36.8 Å². The first-order chi connectivity index (χ1) is 7.59. The number of allylic oxidation sites excluding steroid dienone is 1. The fourth-order valence-electron chi connectivity index (χ4n) is 0.934. The molecule has 4 nitrogen and oxygen atoms in total. The average molecular weight is 218 g/mol. The second kappa shape index (κ2) is 5.90. The van der Waals surface area contributed by atoms with Crippen LogP contribution >= 0.6 is 0 Å². The van der Waals surface area contributed by atoms with Gasteiger partial charge in [0.05, 0.1) is 6.20 Å². The van der Waals surface area contributed by atoms with Gasteiger partial charge in [0.1, 0.15) is 5.82 Å². The van der Waals surface area contributed by atoms with E-state index in [1.165, 1.54) is 0 Å². The fraction of sp³-hybridized carbons (Fsp3) is 0.333. The lowest BCUT2D eigenvalue weighted by atomic mass is 10.1. The molecule has 0 amide bonds. The molecule has 1 heterocycles. The van der Waals surface area contributed by atoms with Crippen LogP contribution in [0.1, 0.15) is 20.8 Å². The van der Waals surface area contributed by atoms with E-state index in [0.717, 1.165) is 17.2 Å². The average Bonchev–Trinajstić information content (AvgIpc) is 2.70. The van der Waals surface area contributed by atoms with Crippen LogP contribution in [0.15, 0.2) is 41.8 Å². The molecular formula is C12H18N4. The highest BCUT2D eigenvalue weighted by molar-refractivity contribution is 5.84. The van der Waals surface area contributed by atoms with Crippen LogP contribution < -0.4 is 5.32 Å². The molecule has 2 N–H and O–H groups in total. The van der Waals surface area contributed by atoms with Crippen LogP contribution in [0.3, 0.4) is 0 Å². The van der Waals surface area contributed by atoms with Gasteiger partial charge in [0.15, 0.2) is 0 Å². The minimum atomic E-state index is 0.471. The van der Waals surface area contributed by atoms with E-state index in [9.17, 15) is 0 Å². The van der Waals surface area contributed by atoms with Crippen LogP contribution in [0, 0.1) is 5.92 Å². The van der Waals surface area contributed by atoms with Crippen molar-refractivity contribution in [1.82, 2.24) is 10.2 Å². The number of aliphatic imine (C=N–C) groups is 1. The van der Waals surface area contributed by atoms with Gasteiger partial charge < -0.3 is 5.32 Å². The number of aromatic amines is 1. The number of aromatic nitrogens is 2. The van der Waals surface area contributed by atoms with E-state index in [1.54, 1.807) is 12.4 Å². The summed E-state index contributed by atoms with van der Waals surface area (Å²) in [6, 6.07) is 1.83. The van der Waals surface area contributed by atoms with Crippen LogP contribution in [0.4, 0.5) is 5.82 Å². The molecule has 0 aliphatic carbocycles. The number of anilines is 1. The molecule has 0 radical (unpaired) electrons. The second-order valence-electron chi connectivity index (χ2n) is 3.86. The van der Waals surface area contributed by atoms with Crippen molar-refractivity contribution in [1.29, 1.82) is 0 Å². The Balaban J connectivity index is 2.46. The third-order valence-corrected chi connectivity index (χ3v) is 2.19. The molecule has 0 aromatic carbocycles. The summed E-state index contributed by atoms with van der Waals surface area (Å²) in [7, 11) is 0. The Morgan fingerprint density at radius 2 is 2.38 bits per heavy atom. The molecule has 0 fully saturated rings. The van der Waals surface area contributed by atoms with Gasteiger partial charge in [-0.3, -0.25) is 10.1 Å². The van der Waals surface area contributed by atoms with Crippen molar-refractivity contribution in [2.24, 2.45) is 10.9 Å². The number of hydrogen-bond acceptors (Lipinski definition) is 3. The molecule has 4 heteroatoms. The van der Waals surface area contributed by atoms with E-state index in [0.29, 0.717) is 5.92 Å². The summed E-state index contributed by atoms with van der Waals surface area (Å²) < 4.78 is 0. The molecule has 0 aliphatic heterocycles. The van der Waals surface area contributed by atoms with Crippen molar-refractivity contribution < 1.29 is 0 Å². The summed E-state index contributed by atoms with van der Waals surface area (Å²) >= 11 is 0. The molecule has 0 atom stereocenters. The first kappa shape index (κ1) is 12.2. The van der Waals surface area contributed by atoms with Crippen molar-refractivity contribution >= 4 is 11.5 Å². The highest BCUT2D eigenvalue weighted by atomic mass is 15.2. The number of nitrogens with one attached hydrogen (secondary N) is 2. The topological polar surface area (TPSA) is 53.1 Å². The summed E-state index contributed by atoms with van der Waals surface area (Å²) in [5.41, 5.74) is 1.87. The predicted molar refractivity (Wildman–Crippen MR) is 68.4 cm³/mol. The van der Waals surface area contributed by atoms with E-state index in [2.05, 4.69) is 40.9 Å². The Labute approximate surface area is 96.2 Å². The quantitative estimate of drug-likeness (QED) is 0.589. The molecule has 0 spiro atoms. The lowest BCUT2D eigenvalue weighted by Gasteiger charge is -2.02. The van der Waals surface area contributed by atoms with E-state index >= 15 is 0 Å². The van der Waals surface area contributed by atoms with Crippen molar-refractivity contribution in [2.45, 2.75) is 20.8 Å². The highest BCUT2D eigenvalue weighted by Gasteiger charge is 1.95. The standard InChI is InChI=1S/C12H18N4/c1-9(2)11(4)13-7-5-10(3)15-12-6-8-14-16-12/h5-9H,3H2,1-2,4H3,(H2,14,15,16)/b7-5-,13-11?. The highest BCUT2D eigenvalue weighted by Crippen LogP contribution is 2.04. The van der Waals surface area contributed by atoms with Crippen molar-refractivity contribution in [2.75, 3.05) is 5.32 Å². The molecule has 1 aromatic heterocycles. The molecule has 86 valence electrons. The third kappa shape index (κ3) is 4.13. The first-order valence-corrected chi connectivity index (χ1v) is 5.25. The van der Waals surface area contributed by atoms with Crippen LogP contribution in [-0.4, -0.2) is 15.9 Å². The zero-order chi connectivity index (χ0) is 12.0. The van der Waals surface area contributed by atoms with Crippen LogP contribution in [-0.2, 0) is 0 Å². The maximum Gasteiger partial charge on any atom is 0.125 e. The lowest BCUT2D eigenvalue weighted by Crippen LogP contribution is -2.00. The van der Waals surface area contributed by atoms with Crippen molar-refractivity contribution in [3.8, 4) is 0 Å². The summed E-state index contributed by atoms with van der Waals surface area (Å²) in [5.74, 6) is 1.29. The zero-order valence-corrected chi connectivity index (χ0v) is 9.99. The summed E-state index contributed by atoms with van der Waals surface area (Å²) in [6.07, 6.45) is 5.26. The Morgan fingerprint density at radius 3 is 2.94 bits per heavy atom. The zero-order valence-electron chi connectivity index (χ0n) is 9.99. The first-order valence-electron chi connectivity index (χ1n) is 5.25. The molecule has 0 bridgehead atoms. The van der Waals surface area contributed by atoms with Gasteiger partial charge in [-0.2, -0.15) is 5.10 Å². The smallest absolute Gasteiger partial charge is 0.125 e. The van der Waals surface area contributed by atoms with Crippen LogP contribution in [0.2, 0.25) is 0 Å². The van der Waals surface area contributed by atoms with E-state index in [4.69, 9.17) is 0 Å². The molecule has 1 aromatic rings. The van der Waals surface area contributed by atoms with Gasteiger partial charge in [0, 0.05) is 23.7 Å². The van der Waals surface area contributed by atoms with E-state index in [-0.39, 0.29) is 0 Å². The number of rotatable bonds is 5. The maximum atomic E-state index is 4.30. The number of nitrogens with zero attached hydrogens (tertiary/aromatic N) is 2. The van der Waals surface area contributed by atoms with Gasteiger partial charge in [-0.15, -0.1) is 0 Å². The number of H-pyrrole nitrogens is 1. The second-order valence-corrected chi connectivity index (χ2v) is 3.86. The summed E-state index contributed by atoms with van der Waals surface area (Å²) in [5, 5.41) is 9.68. The molecule has 0 saturated carbocycles. The lowest BCUT2D eigenvalue weighted by molar-refractivity contribution is 0.878. The molecule has 1 rings (SSSR count). The molecular weight excluding hydrogens is 200 g/mol. The van der Waals surface area contributed by atoms with E-state index in [1.807, 2.05) is 19.1 Å². The SMILES string of the molecule is C=C(/C=C\N=C(C)C(C)C)Nc1ccn[nH]1. The normalized spacial score (nSPS) is 12.4. The molecule has 0 saturated heterocycles. The van der Waals surface area contributed by atoms with Crippen LogP contribution in [0.25, 0.3) is 0 Å². The molecule has 0 aliphatic rings. The van der Waals surface area contributed by atoms with Gasteiger partial charge in [-0.1, -0.05) is 20.4 Å². The van der Waals surface area contributed by atoms with Gasteiger partial charge in [-0.05, 0) is 18.9 Å². The van der Waals surface area contributed by atoms with E-state index < -0.39 is 0 Å². The Bertz CT molecular complexity index is 385. The van der Waals surface area contributed by atoms with Gasteiger partial charge in [-0.25, -0.2) is 0 Å². The summed E-state index contributed by atoms with van der Waals surface area (Å²) in [6.45, 7) is 10.1. The van der Waals surface area contributed by atoms with Crippen molar-refractivity contribution in [3.63, 3.8) is 0 Å². The Hall–Kier alpha value is -1.84. The van der Waals surface area contributed by atoms with Gasteiger partial charge in [0.25, 0.3) is 0 Å². The summed E-state index contributed by atoms with van der Waals surface area (Å²) in [4.78, 5) is 4.30. The molecule has 0 unspecified atom stereocenters. The monoisotopic (exact) mass is 218 g/mol. The largest absolute Gasteiger partial charge is 0.341 e. The number of hydrogen-bond donors (Lipinski definition) is 2. The maximum absolute atomic E-state index is 4.30. The minimum Gasteiger partial charge on any atom is -0.341 e. The third-order valence-electron chi connectivity index (χ3n) is 2.19.